The van der Waals surface area contributed by atoms with Gasteiger partial charge in [0.05, 0.1) is 0 Å². The smallest absolute Gasteiger partial charge is 0.303 e. The molecule has 0 aliphatic heterocycles. The number of anilines is 1. The van der Waals surface area contributed by atoms with Crippen LogP contribution in [0.3, 0.4) is 0 Å². The molecule has 0 aliphatic carbocycles. The summed E-state index contributed by atoms with van der Waals surface area (Å²) in [4.78, 5) is 28.2. The van der Waals surface area contributed by atoms with Crippen molar-refractivity contribution in [2.24, 2.45) is 0 Å². The Morgan fingerprint density at radius 2 is 2.28 bits per heavy atom. The van der Waals surface area contributed by atoms with Crippen molar-refractivity contribution in [3.63, 3.8) is 0 Å². The van der Waals surface area contributed by atoms with Gasteiger partial charge in [-0.05, 0) is 13.8 Å². The number of carbonyl (C=O) groups excluding carboxylic acids is 1. The monoisotopic (exact) mass is 283 g/mol. The number of nitrogens with zero attached hydrogens (tertiary/aromatic N) is 2. The number of thiazole rings is 2. The van der Waals surface area contributed by atoms with Gasteiger partial charge in [-0.2, -0.15) is 0 Å². The first-order chi connectivity index (χ1) is 8.56. The van der Waals surface area contributed by atoms with Crippen LogP contribution in [-0.4, -0.2) is 15.5 Å². The minimum absolute atomic E-state index is 0.0228. The van der Waals surface area contributed by atoms with E-state index in [1.165, 1.54) is 11.3 Å². The van der Waals surface area contributed by atoms with E-state index in [9.17, 15) is 9.59 Å². The van der Waals surface area contributed by atoms with Gasteiger partial charge in [0.25, 0.3) is 0 Å². The van der Waals surface area contributed by atoms with Crippen LogP contribution in [0.2, 0.25) is 0 Å². The lowest BCUT2D eigenvalue weighted by atomic mass is 10.4. The van der Waals surface area contributed by atoms with Gasteiger partial charge in [-0.15, -0.1) is 11.3 Å². The van der Waals surface area contributed by atoms with Crippen molar-refractivity contribution in [3.05, 3.63) is 31.8 Å². The fraction of sp³-hybridized carbons (Fsp3) is 0.364. The second kappa shape index (κ2) is 5.45. The van der Waals surface area contributed by atoms with Crippen molar-refractivity contribution in [2.45, 2.75) is 26.8 Å². The van der Waals surface area contributed by atoms with Gasteiger partial charge < -0.3 is 9.88 Å². The van der Waals surface area contributed by atoms with E-state index in [1.807, 2.05) is 13.8 Å². The molecule has 2 heterocycles. The molecule has 18 heavy (non-hydrogen) atoms. The van der Waals surface area contributed by atoms with E-state index in [0.29, 0.717) is 11.7 Å². The number of carbonyl (C=O) groups is 1. The van der Waals surface area contributed by atoms with Crippen LogP contribution in [0.25, 0.3) is 0 Å². The van der Waals surface area contributed by atoms with Crippen LogP contribution >= 0.6 is 22.7 Å². The highest BCUT2D eigenvalue weighted by Gasteiger charge is 2.08. The highest BCUT2D eigenvalue weighted by molar-refractivity contribution is 7.15. The molecule has 1 N–H and O–H groups in total. The summed E-state index contributed by atoms with van der Waals surface area (Å²) >= 11 is 2.59. The van der Waals surface area contributed by atoms with Crippen LogP contribution in [-0.2, 0) is 11.3 Å². The van der Waals surface area contributed by atoms with Gasteiger partial charge in [0.2, 0.25) is 5.91 Å². The number of aromatic nitrogens is 2. The summed E-state index contributed by atoms with van der Waals surface area (Å²) < 4.78 is 1.61. The topological polar surface area (TPSA) is 64.0 Å². The lowest BCUT2D eigenvalue weighted by molar-refractivity contribution is -0.116. The predicted molar refractivity (Wildman–Crippen MR) is 73.4 cm³/mol. The average Bonchev–Trinajstić information content (AvgIpc) is 2.84. The first kappa shape index (κ1) is 13.0. The van der Waals surface area contributed by atoms with Crippen LogP contribution in [0.5, 0.6) is 0 Å². The Labute approximate surface area is 112 Å². The van der Waals surface area contributed by atoms with Crippen molar-refractivity contribution < 1.29 is 4.79 Å². The number of hydrogen-bond acceptors (Lipinski definition) is 5. The highest BCUT2D eigenvalue weighted by Crippen LogP contribution is 2.16. The molecule has 1 amide bonds. The van der Waals surface area contributed by atoms with Crippen LogP contribution in [0.1, 0.15) is 17.0 Å². The third-order valence-corrected chi connectivity index (χ3v) is 4.12. The van der Waals surface area contributed by atoms with Crippen LogP contribution < -0.4 is 10.2 Å². The predicted octanol–water partition coefficient (Wildman–Crippen LogP) is 2.01. The molecule has 0 unspecified atom stereocenters. The Balaban J connectivity index is 1.91. The van der Waals surface area contributed by atoms with E-state index < -0.39 is 0 Å². The number of aryl methyl sites for hydroxylation is 2. The molecular formula is C11H13N3O2S2. The summed E-state index contributed by atoms with van der Waals surface area (Å²) in [5, 5.41) is 5.12. The molecule has 2 aromatic heterocycles. The maximum absolute atomic E-state index is 11.7. The normalized spacial score (nSPS) is 10.6. The molecule has 96 valence electrons. The van der Waals surface area contributed by atoms with Crippen molar-refractivity contribution in [3.8, 4) is 0 Å². The Kier molecular flexibility index (Phi) is 3.93. The van der Waals surface area contributed by atoms with Crippen LogP contribution in [0.15, 0.2) is 16.4 Å². The van der Waals surface area contributed by atoms with E-state index in [1.54, 1.807) is 16.1 Å². The van der Waals surface area contributed by atoms with Gasteiger partial charge in [-0.1, -0.05) is 11.3 Å². The second-order valence-electron chi connectivity index (χ2n) is 3.87. The zero-order valence-corrected chi connectivity index (χ0v) is 11.7. The van der Waals surface area contributed by atoms with Crippen LogP contribution in [0.4, 0.5) is 5.13 Å². The summed E-state index contributed by atoms with van der Waals surface area (Å²) in [6, 6.07) is 0. The Bertz CT molecular complexity index is 612. The van der Waals surface area contributed by atoms with E-state index in [4.69, 9.17) is 0 Å². The van der Waals surface area contributed by atoms with Gasteiger partial charge in [0, 0.05) is 35.1 Å². The summed E-state index contributed by atoms with van der Waals surface area (Å²) in [7, 11) is 0. The molecule has 0 atom stereocenters. The fourth-order valence-electron chi connectivity index (χ4n) is 1.48. The lowest BCUT2D eigenvalue weighted by Gasteiger charge is -2.04. The third-order valence-electron chi connectivity index (χ3n) is 2.41. The molecular weight excluding hydrogens is 270 g/mol. The largest absolute Gasteiger partial charge is 0.307 e. The van der Waals surface area contributed by atoms with Gasteiger partial charge >= 0.3 is 4.87 Å². The zero-order valence-electron chi connectivity index (χ0n) is 10.1. The molecule has 0 spiro atoms. The van der Waals surface area contributed by atoms with E-state index in [-0.39, 0.29) is 17.2 Å². The molecule has 0 fully saturated rings. The fourth-order valence-corrected chi connectivity index (χ4v) is 2.92. The molecule has 0 aliphatic rings. The van der Waals surface area contributed by atoms with Crippen molar-refractivity contribution >= 4 is 33.7 Å². The standard InChI is InChI=1S/C11H13N3O2S2/c1-7-6-17-11(16)14(7)4-3-9(15)13-10-12-5-8(2)18-10/h5-6H,3-4H2,1-2H3,(H,12,13,15). The number of amides is 1. The number of nitrogens with one attached hydrogen (secondary N) is 1. The maximum atomic E-state index is 11.7. The third kappa shape index (κ3) is 3.05. The lowest BCUT2D eigenvalue weighted by Crippen LogP contribution is -2.20. The molecule has 0 radical (unpaired) electrons. The average molecular weight is 283 g/mol. The van der Waals surface area contributed by atoms with Gasteiger partial charge in [0.1, 0.15) is 0 Å². The molecule has 7 heteroatoms. The quantitative estimate of drug-likeness (QED) is 0.933. The van der Waals surface area contributed by atoms with Gasteiger partial charge in [-0.25, -0.2) is 4.98 Å². The van der Waals surface area contributed by atoms with Crippen molar-refractivity contribution in [1.29, 1.82) is 0 Å². The minimum atomic E-state index is -0.123. The SMILES string of the molecule is Cc1cnc(NC(=O)CCn2c(C)csc2=O)s1. The Morgan fingerprint density at radius 1 is 1.50 bits per heavy atom. The van der Waals surface area contributed by atoms with Crippen molar-refractivity contribution in [1.82, 2.24) is 9.55 Å². The molecule has 2 rings (SSSR count). The van der Waals surface area contributed by atoms with E-state index in [2.05, 4.69) is 10.3 Å². The van der Waals surface area contributed by atoms with E-state index in [0.717, 1.165) is 21.9 Å². The summed E-state index contributed by atoms with van der Waals surface area (Å²) in [6.45, 7) is 4.20. The summed E-state index contributed by atoms with van der Waals surface area (Å²) in [6.07, 6.45) is 1.99. The highest BCUT2D eigenvalue weighted by atomic mass is 32.1. The molecule has 0 saturated heterocycles. The zero-order chi connectivity index (χ0) is 13.1. The Morgan fingerprint density at radius 3 is 2.83 bits per heavy atom. The summed E-state index contributed by atoms with van der Waals surface area (Å²) in [5.74, 6) is -0.123. The minimum Gasteiger partial charge on any atom is -0.303 e. The van der Waals surface area contributed by atoms with Crippen LogP contribution in [0, 0.1) is 13.8 Å². The van der Waals surface area contributed by atoms with E-state index >= 15 is 0 Å². The van der Waals surface area contributed by atoms with Gasteiger partial charge in [-0.3, -0.25) is 9.59 Å². The molecule has 5 nitrogen and oxygen atoms in total. The summed E-state index contributed by atoms with van der Waals surface area (Å²) in [5.41, 5.74) is 0.892. The number of hydrogen-bond donors (Lipinski definition) is 1. The molecule has 0 bridgehead atoms. The first-order valence-corrected chi connectivity index (χ1v) is 7.13. The van der Waals surface area contributed by atoms with Gasteiger partial charge in [0.15, 0.2) is 5.13 Å². The molecule has 0 saturated carbocycles. The maximum Gasteiger partial charge on any atom is 0.307 e. The number of rotatable bonds is 4. The second-order valence-corrected chi connectivity index (χ2v) is 5.92. The molecule has 0 aromatic carbocycles. The van der Waals surface area contributed by atoms with Crippen molar-refractivity contribution in [2.75, 3.05) is 5.32 Å². The molecule has 2 aromatic rings. The first-order valence-electron chi connectivity index (χ1n) is 5.43. The Hall–Kier alpha value is -1.47.